The number of hydrogen-bond acceptors (Lipinski definition) is 5. The summed E-state index contributed by atoms with van der Waals surface area (Å²) in [6, 6.07) is 7.30. The molecule has 0 bridgehead atoms. The van der Waals surface area contributed by atoms with Gasteiger partial charge in [-0.25, -0.2) is 4.98 Å². The van der Waals surface area contributed by atoms with E-state index in [2.05, 4.69) is 4.98 Å². The Morgan fingerprint density at radius 3 is 2.92 bits per heavy atom. The Balaban J connectivity index is 1.85. The first kappa shape index (κ1) is 17.6. The van der Waals surface area contributed by atoms with Gasteiger partial charge in [-0.15, -0.1) is 0 Å². The van der Waals surface area contributed by atoms with Crippen molar-refractivity contribution in [1.82, 2.24) is 14.5 Å². The van der Waals surface area contributed by atoms with Crippen molar-refractivity contribution in [3.8, 4) is 0 Å². The predicted octanol–water partition coefficient (Wildman–Crippen LogP) is 1.05. The topological polar surface area (TPSA) is 73.7 Å². The summed E-state index contributed by atoms with van der Waals surface area (Å²) in [5.74, 6) is -0.115. The Morgan fingerprint density at radius 1 is 1.40 bits per heavy atom. The van der Waals surface area contributed by atoms with Crippen LogP contribution >= 0.6 is 0 Å². The number of para-hydroxylation sites is 2. The summed E-state index contributed by atoms with van der Waals surface area (Å²) < 4.78 is 12.6. The molecule has 1 saturated heterocycles. The van der Waals surface area contributed by atoms with Crippen molar-refractivity contribution in [2.75, 3.05) is 26.8 Å². The van der Waals surface area contributed by atoms with Gasteiger partial charge in [0.15, 0.2) is 0 Å². The first-order valence-electron chi connectivity index (χ1n) is 8.29. The molecule has 0 saturated carbocycles. The molecule has 0 radical (unpaired) electrons. The quantitative estimate of drug-likeness (QED) is 0.828. The number of rotatable bonds is 4. The smallest absolute Gasteiger partial charge is 0.269 e. The van der Waals surface area contributed by atoms with Gasteiger partial charge in [0.1, 0.15) is 6.54 Å². The van der Waals surface area contributed by atoms with Crippen LogP contribution in [-0.4, -0.2) is 58.9 Å². The lowest BCUT2D eigenvalue weighted by atomic mass is 10.1. The highest BCUT2D eigenvalue weighted by Gasteiger charge is 2.35. The number of nitrogens with zero attached hydrogens (tertiary/aromatic N) is 3. The van der Waals surface area contributed by atoms with E-state index in [1.165, 1.54) is 10.8 Å². The second-order valence-corrected chi connectivity index (χ2v) is 6.90. The number of morpholine rings is 1. The van der Waals surface area contributed by atoms with Gasteiger partial charge >= 0.3 is 0 Å². The zero-order valence-electron chi connectivity index (χ0n) is 14.8. The molecule has 2 heterocycles. The first-order chi connectivity index (χ1) is 11.9. The summed E-state index contributed by atoms with van der Waals surface area (Å²) >= 11 is 0. The predicted molar refractivity (Wildman–Crippen MR) is 93.4 cm³/mol. The molecule has 1 aromatic carbocycles. The average molecular weight is 345 g/mol. The van der Waals surface area contributed by atoms with Gasteiger partial charge in [0.2, 0.25) is 5.91 Å². The van der Waals surface area contributed by atoms with E-state index in [1.807, 2.05) is 32.0 Å². The van der Waals surface area contributed by atoms with E-state index in [4.69, 9.17) is 9.47 Å². The number of ether oxygens (including phenoxy) is 2. The van der Waals surface area contributed by atoms with Crippen molar-refractivity contribution in [2.24, 2.45) is 0 Å². The summed E-state index contributed by atoms with van der Waals surface area (Å²) in [4.78, 5) is 31.0. The largest absolute Gasteiger partial charge is 0.382 e. The SMILES string of the molecule is COC[C@@H]1CN(C(=O)Cn2c(=O)cnc3ccccc32)CC(C)(C)O1. The molecule has 1 fully saturated rings. The molecule has 7 nitrogen and oxygen atoms in total. The lowest BCUT2D eigenvalue weighted by molar-refractivity contribution is -0.169. The van der Waals surface area contributed by atoms with Crippen LogP contribution < -0.4 is 5.56 Å². The van der Waals surface area contributed by atoms with Crippen LogP contribution in [-0.2, 0) is 20.8 Å². The molecular formula is C18H23N3O4. The van der Waals surface area contributed by atoms with Crippen molar-refractivity contribution in [3.05, 3.63) is 40.8 Å². The standard InChI is InChI=1S/C18H23N3O4/c1-18(2)12-20(9-13(25-18)11-24-3)17(23)10-21-15-7-5-4-6-14(15)19-8-16(21)22/h4-8,13H,9-12H2,1-3H3/t13-/m0/s1. The van der Waals surface area contributed by atoms with E-state index in [0.29, 0.717) is 30.7 Å². The minimum absolute atomic E-state index is 0.0162. The zero-order valence-corrected chi connectivity index (χ0v) is 14.8. The maximum atomic E-state index is 12.9. The molecule has 0 aliphatic carbocycles. The fourth-order valence-electron chi connectivity index (χ4n) is 3.27. The molecular weight excluding hydrogens is 322 g/mol. The molecule has 7 heteroatoms. The van der Waals surface area contributed by atoms with E-state index in [9.17, 15) is 9.59 Å². The third kappa shape index (κ3) is 3.88. The number of carbonyl (C=O) groups excluding carboxylic acids is 1. The van der Waals surface area contributed by atoms with Gasteiger partial charge < -0.3 is 14.4 Å². The Labute approximate surface area is 146 Å². The monoisotopic (exact) mass is 345 g/mol. The Hall–Kier alpha value is -2.25. The van der Waals surface area contributed by atoms with Crippen LogP contribution in [0.4, 0.5) is 0 Å². The van der Waals surface area contributed by atoms with Gasteiger partial charge in [-0.05, 0) is 26.0 Å². The van der Waals surface area contributed by atoms with E-state index < -0.39 is 5.60 Å². The van der Waals surface area contributed by atoms with Crippen LogP contribution in [0.5, 0.6) is 0 Å². The normalized spacial score (nSPS) is 20.0. The molecule has 0 spiro atoms. The van der Waals surface area contributed by atoms with Crippen molar-refractivity contribution in [1.29, 1.82) is 0 Å². The first-order valence-corrected chi connectivity index (χ1v) is 8.29. The van der Waals surface area contributed by atoms with Crippen LogP contribution in [0.3, 0.4) is 0 Å². The minimum Gasteiger partial charge on any atom is -0.382 e. The van der Waals surface area contributed by atoms with Crippen LogP contribution in [0, 0.1) is 0 Å². The van der Waals surface area contributed by atoms with Crippen LogP contribution in [0.2, 0.25) is 0 Å². The molecule has 1 aliphatic rings. The van der Waals surface area contributed by atoms with Gasteiger partial charge in [0.05, 0.1) is 35.5 Å². The summed E-state index contributed by atoms with van der Waals surface area (Å²) in [5.41, 5.74) is 0.606. The minimum atomic E-state index is -0.456. The maximum absolute atomic E-state index is 12.9. The second-order valence-electron chi connectivity index (χ2n) is 6.90. The van der Waals surface area contributed by atoms with Gasteiger partial charge in [-0.1, -0.05) is 12.1 Å². The lowest BCUT2D eigenvalue weighted by Crippen LogP contribution is -2.56. The van der Waals surface area contributed by atoms with Crippen LogP contribution in [0.25, 0.3) is 11.0 Å². The third-order valence-corrected chi connectivity index (χ3v) is 4.23. The summed E-state index contributed by atoms with van der Waals surface area (Å²) in [5, 5.41) is 0. The highest BCUT2D eigenvalue weighted by atomic mass is 16.5. The van der Waals surface area contributed by atoms with E-state index in [0.717, 1.165) is 0 Å². The molecule has 134 valence electrons. The maximum Gasteiger partial charge on any atom is 0.269 e. The van der Waals surface area contributed by atoms with Crippen molar-refractivity contribution >= 4 is 16.9 Å². The molecule has 1 amide bonds. The molecule has 2 aromatic rings. The Bertz CT molecular complexity index is 830. The molecule has 0 unspecified atom stereocenters. The Kier molecular flexibility index (Phi) is 4.87. The van der Waals surface area contributed by atoms with Gasteiger partial charge in [0.25, 0.3) is 5.56 Å². The second kappa shape index (κ2) is 6.93. The van der Waals surface area contributed by atoms with Crippen molar-refractivity contribution in [3.63, 3.8) is 0 Å². The number of aromatic nitrogens is 2. The summed E-state index contributed by atoms with van der Waals surface area (Å²) in [7, 11) is 1.61. The number of amides is 1. The number of benzene rings is 1. The third-order valence-electron chi connectivity index (χ3n) is 4.23. The Morgan fingerprint density at radius 2 is 2.16 bits per heavy atom. The highest BCUT2D eigenvalue weighted by molar-refractivity contribution is 5.80. The fourth-order valence-corrected chi connectivity index (χ4v) is 3.27. The van der Waals surface area contributed by atoms with E-state index >= 15 is 0 Å². The highest BCUT2D eigenvalue weighted by Crippen LogP contribution is 2.21. The molecule has 1 atom stereocenters. The summed E-state index contributed by atoms with van der Waals surface area (Å²) in [6.07, 6.45) is 1.08. The lowest BCUT2D eigenvalue weighted by Gasteiger charge is -2.42. The average Bonchev–Trinajstić information content (AvgIpc) is 2.56. The van der Waals surface area contributed by atoms with E-state index in [1.54, 1.807) is 18.1 Å². The molecule has 0 N–H and O–H groups in total. The number of fused-ring (bicyclic) bond motifs is 1. The zero-order chi connectivity index (χ0) is 18.0. The fraction of sp³-hybridized carbons (Fsp3) is 0.500. The van der Waals surface area contributed by atoms with Gasteiger partial charge in [-0.2, -0.15) is 0 Å². The van der Waals surface area contributed by atoms with Crippen LogP contribution in [0.1, 0.15) is 13.8 Å². The molecule has 1 aliphatic heterocycles. The van der Waals surface area contributed by atoms with Gasteiger partial charge in [0, 0.05) is 20.2 Å². The van der Waals surface area contributed by atoms with E-state index in [-0.39, 0.29) is 24.1 Å². The number of carbonyl (C=O) groups is 1. The molecule has 3 rings (SSSR count). The van der Waals surface area contributed by atoms with Gasteiger partial charge in [-0.3, -0.25) is 14.2 Å². The molecule has 1 aromatic heterocycles. The van der Waals surface area contributed by atoms with Crippen LogP contribution in [0.15, 0.2) is 35.3 Å². The summed E-state index contributed by atoms with van der Waals surface area (Å²) in [6.45, 7) is 5.23. The molecule has 25 heavy (non-hydrogen) atoms. The van der Waals surface area contributed by atoms with Crippen molar-refractivity contribution in [2.45, 2.75) is 32.1 Å². The number of hydrogen-bond donors (Lipinski definition) is 0. The van der Waals surface area contributed by atoms with Crippen molar-refractivity contribution < 1.29 is 14.3 Å². The number of methoxy groups -OCH3 is 1.